The summed E-state index contributed by atoms with van der Waals surface area (Å²) in [7, 11) is 0. The van der Waals surface area contributed by atoms with Gasteiger partial charge in [-0.15, -0.1) is 11.3 Å². The molecule has 0 radical (unpaired) electrons. The van der Waals surface area contributed by atoms with Crippen LogP contribution in [-0.2, 0) is 12.6 Å². The summed E-state index contributed by atoms with van der Waals surface area (Å²) in [6.07, 6.45) is -9.45. The van der Waals surface area contributed by atoms with Crippen molar-refractivity contribution in [2.75, 3.05) is 31.1 Å². The Hall–Kier alpha value is -1.55. The van der Waals surface area contributed by atoms with Crippen LogP contribution in [0.4, 0.5) is 32.0 Å². The number of aromatic nitrogens is 1. The molecule has 4 rings (SSSR count). The van der Waals surface area contributed by atoms with E-state index in [1.807, 2.05) is 0 Å². The average molecular weight is 381 g/mol. The van der Waals surface area contributed by atoms with E-state index >= 15 is 0 Å². The van der Waals surface area contributed by atoms with Crippen molar-refractivity contribution in [1.29, 1.82) is 0 Å². The summed E-state index contributed by atoms with van der Waals surface area (Å²) in [6, 6.07) is 1.20. The van der Waals surface area contributed by atoms with Crippen LogP contribution in [0.1, 0.15) is 10.4 Å². The lowest BCUT2D eigenvalue weighted by Gasteiger charge is -2.57. The van der Waals surface area contributed by atoms with E-state index in [2.05, 4.69) is 10.3 Å². The molecule has 10 heteroatoms. The van der Waals surface area contributed by atoms with Crippen LogP contribution in [0.15, 0.2) is 12.3 Å². The first kappa shape index (κ1) is 16.9. The molecule has 2 aromatic rings. The molecule has 2 aliphatic rings. The number of thiophene rings is 1. The number of halogens is 6. The van der Waals surface area contributed by atoms with E-state index in [1.54, 1.807) is 4.90 Å². The average Bonchev–Trinajstić information content (AvgIpc) is 2.73. The molecule has 0 atom stereocenters. The lowest BCUT2D eigenvalue weighted by atomic mass is 9.74. The summed E-state index contributed by atoms with van der Waals surface area (Å²) >= 11 is 0.792. The summed E-state index contributed by atoms with van der Waals surface area (Å²) in [6.45, 7) is 2.43. The van der Waals surface area contributed by atoms with E-state index in [1.165, 1.54) is 6.07 Å². The molecule has 25 heavy (non-hydrogen) atoms. The summed E-state index contributed by atoms with van der Waals surface area (Å²) < 4.78 is 78.1. The highest BCUT2D eigenvalue weighted by Gasteiger charge is 2.50. The molecule has 2 saturated heterocycles. The Morgan fingerprint density at radius 1 is 1.16 bits per heavy atom. The van der Waals surface area contributed by atoms with Crippen LogP contribution in [0.3, 0.4) is 0 Å². The second-order valence-electron chi connectivity index (χ2n) is 6.70. The third-order valence-electron chi connectivity index (χ3n) is 4.63. The quantitative estimate of drug-likeness (QED) is 0.802. The topological polar surface area (TPSA) is 28.2 Å². The van der Waals surface area contributed by atoms with Gasteiger partial charge in [0.15, 0.2) is 0 Å². The maximum Gasteiger partial charge on any atom is 0.419 e. The largest absolute Gasteiger partial charge is 0.419 e. The summed E-state index contributed by atoms with van der Waals surface area (Å²) in [4.78, 5) is 5.54. The van der Waals surface area contributed by atoms with Crippen LogP contribution in [0.2, 0.25) is 0 Å². The van der Waals surface area contributed by atoms with Gasteiger partial charge in [-0.25, -0.2) is 4.98 Å². The predicted octanol–water partition coefficient (Wildman–Crippen LogP) is 3.83. The summed E-state index contributed by atoms with van der Waals surface area (Å²) in [5.74, 6) is 0. The number of alkyl halides is 6. The van der Waals surface area contributed by atoms with Crippen molar-refractivity contribution in [2.24, 2.45) is 5.41 Å². The first-order valence-corrected chi connectivity index (χ1v) is 8.39. The van der Waals surface area contributed by atoms with Crippen LogP contribution in [0.5, 0.6) is 0 Å². The summed E-state index contributed by atoms with van der Waals surface area (Å²) in [5.41, 5.74) is -0.943. The molecule has 4 heterocycles. The van der Waals surface area contributed by atoms with Gasteiger partial charge >= 0.3 is 12.4 Å². The maximum atomic E-state index is 13.4. The van der Waals surface area contributed by atoms with Gasteiger partial charge < -0.3 is 10.2 Å². The van der Waals surface area contributed by atoms with Gasteiger partial charge in [-0.2, -0.15) is 26.3 Å². The van der Waals surface area contributed by atoms with E-state index in [0.29, 0.717) is 13.1 Å². The molecule has 2 fully saturated rings. The lowest BCUT2D eigenvalue weighted by molar-refractivity contribution is -0.137. The molecule has 2 aromatic heterocycles. The molecule has 0 aromatic carbocycles. The molecule has 0 aliphatic carbocycles. The van der Waals surface area contributed by atoms with Gasteiger partial charge in [-0.3, -0.25) is 0 Å². The molecule has 0 amide bonds. The third kappa shape index (κ3) is 2.95. The minimum absolute atomic E-state index is 0.0106. The van der Waals surface area contributed by atoms with Gasteiger partial charge in [-0.1, -0.05) is 0 Å². The highest BCUT2D eigenvalue weighted by molar-refractivity contribution is 7.18. The van der Waals surface area contributed by atoms with Crippen molar-refractivity contribution >= 4 is 27.2 Å². The highest BCUT2D eigenvalue weighted by atomic mass is 32.1. The first-order chi connectivity index (χ1) is 11.6. The van der Waals surface area contributed by atoms with Gasteiger partial charge in [0.2, 0.25) is 0 Å². The van der Waals surface area contributed by atoms with Crippen LogP contribution in [0.25, 0.3) is 10.2 Å². The monoisotopic (exact) mass is 381 g/mol. The summed E-state index contributed by atoms with van der Waals surface area (Å²) in [5, 5.41) is 3.26. The van der Waals surface area contributed by atoms with Crippen LogP contribution >= 0.6 is 11.3 Å². The SMILES string of the molecule is FC(F)(F)Cc1cc2c(N3CC4(CNC4)C3)c(C(F)(F)F)cnc2s1. The lowest BCUT2D eigenvalue weighted by Crippen LogP contribution is -2.71. The fraction of sp³-hybridized carbons (Fsp3) is 0.533. The number of fused-ring (bicyclic) bond motifs is 1. The van der Waals surface area contributed by atoms with Gasteiger partial charge in [0, 0.05) is 48.1 Å². The van der Waals surface area contributed by atoms with E-state index in [4.69, 9.17) is 0 Å². The van der Waals surface area contributed by atoms with E-state index in [-0.39, 0.29) is 26.2 Å². The fourth-order valence-corrected chi connectivity index (χ4v) is 4.51. The van der Waals surface area contributed by atoms with Crippen molar-refractivity contribution in [3.63, 3.8) is 0 Å². The minimum Gasteiger partial charge on any atom is -0.369 e. The molecule has 0 unspecified atom stereocenters. The zero-order valence-corrected chi connectivity index (χ0v) is 13.6. The Bertz CT molecular complexity index is 813. The van der Waals surface area contributed by atoms with Gasteiger partial charge in [-0.05, 0) is 6.07 Å². The van der Waals surface area contributed by atoms with Crippen molar-refractivity contribution in [3.8, 4) is 0 Å². The Morgan fingerprint density at radius 3 is 2.36 bits per heavy atom. The van der Waals surface area contributed by atoms with Crippen LogP contribution in [0, 0.1) is 5.41 Å². The van der Waals surface area contributed by atoms with E-state index < -0.39 is 24.3 Å². The molecule has 1 N–H and O–H groups in total. The normalized spacial score (nSPS) is 20.0. The van der Waals surface area contributed by atoms with E-state index in [9.17, 15) is 26.3 Å². The molecule has 3 nitrogen and oxygen atoms in total. The van der Waals surface area contributed by atoms with Crippen molar-refractivity contribution in [2.45, 2.75) is 18.8 Å². The molecular weight excluding hydrogens is 368 g/mol. The van der Waals surface area contributed by atoms with Crippen molar-refractivity contribution < 1.29 is 26.3 Å². The smallest absolute Gasteiger partial charge is 0.369 e. The molecule has 136 valence electrons. The fourth-order valence-electron chi connectivity index (χ4n) is 3.48. The number of hydrogen-bond acceptors (Lipinski definition) is 4. The van der Waals surface area contributed by atoms with Crippen molar-refractivity contribution in [3.05, 3.63) is 22.7 Å². The second kappa shape index (κ2) is 5.23. The van der Waals surface area contributed by atoms with Crippen molar-refractivity contribution in [1.82, 2.24) is 10.3 Å². The molecule has 0 saturated carbocycles. The standard InChI is InChI=1S/C15H13F6N3S/c16-14(17,18)2-8-1-9-11(24-6-13(7-24)4-22-5-13)10(15(19,20)21)3-23-12(9)25-8/h1,3,22H,2,4-7H2. The van der Waals surface area contributed by atoms with Crippen LogP contribution < -0.4 is 10.2 Å². The Labute approximate surface area is 142 Å². The number of hydrogen-bond donors (Lipinski definition) is 1. The number of pyridine rings is 1. The minimum atomic E-state index is -4.61. The molecule has 0 bridgehead atoms. The zero-order chi connectivity index (χ0) is 18.0. The first-order valence-electron chi connectivity index (χ1n) is 7.57. The maximum absolute atomic E-state index is 13.4. The third-order valence-corrected chi connectivity index (χ3v) is 5.68. The second-order valence-corrected chi connectivity index (χ2v) is 7.82. The molecule has 2 aliphatic heterocycles. The number of anilines is 1. The molecular formula is C15H13F6N3S. The van der Waals surface area contributed by atoms with E-state index in [0.717, 1.165) is 30.6 Å². The zero-order valence-electron chi connectivity index (χ0n) is 12.8. The number of rotatable bonds is 2. The van der Waals surface area contributed by atoms with Gasteiger partial charge in [0.05, 0.1) is 17.7 Å². The van der Waals surface area contributed by atoms with Crippen LogP contribution in [-0.4, -0.2) is 37.3 Å². The predicted molar refractivity (Wildman–Crippen MR) is 81.9 cm³/mol. The Morgan fingerprint density at radius 2 is 1.84 bits per heavy atom. The van der Waals surface area contributed by atoms with Gasteiger partial charge in [0.25, 0.3) is 0 Å². The Balaban J connectivity index is 1.78. The van der Waals surface area contributed by atoms with Gasteiger partial charge in [0.1, 0.15) is 4.83 Å². The number of nitrogens with one attached hydrogen (secondary N) is 1. The number of nitrogens with zero attached hydrogens (tertiary/aromatic N) is 2. The highest BCUT2D eigenvalue weighted by Crippen LogP contribution is 2.47. The Kier molecular flexibility index (Phi) is 3.53. The molecule has 1 spiro atoms.